The quantitative estimate of drug-likeness (QED) is 0.625. The number of carboxylic acid groups (broad SMARTS) is 1. The molecule has 0 radical (unpaired) electrons. The molecule has 0 aliphatic heterocycles. The number of rotatable bonds is 10. The zero-order chi connectivity index (χ0) is 14.1. The Balaban J connectivity index is 2.22. The maximum Gasteiger partial charge on any atom is 0.339 e. The van der Waals surface area contributed by atoms with Gasteiger partial charge in [0.2, 0.25) is 0 Å². The second-order valence-corrected chi connectivity index (χ2v) is 4.93. The Hall–Kier alpha value is -1.29. The molecule has 1 aromatic rings. The molecule has 19 heavy (non-hydrogen) atoms. The van der Waals surface area contributed by atoms with Crippen LogP contribution >= 0.6 is 0 Å². The molecule has 0 amide bonds. The van der Waals surface area contributed by atoms with Crippen molar-refractivity contribution in [1.29, 1.82) is 0 Å². The van der Waals surface area contributed by atoms with E-state index < -0.39 is 12.1 Å². The highest BCUT2D eigenvalue weighted by atomic mass is 16.4. The summed E-state index contributed by atoms with van der Waals surface area (Å²) in [7, 11) is 0. The first-order chi connectivity index (χ1) is 9.16. The maximum absolute atomic E-state index is 10.9. The summed E-state index contributed by atoms with van der Waals surface area (Å²) in [4.78, 5) is 10.9. The van der Waals surface area contributed by atoms with Gasteiger partial charge in [0, 0.05) is 0 Å². The Morgan fingerprint density at radius 1 is 1.21 bits per heavy atom. The van der Waals surface area contributed by atoms with Gasteiger partial charge in [-0.1, -0.05) is 51.9 Å². The van der Waals surface area contributed by atoms with E-state index in [1.165, 1.54) is 44.4 Å². The summed E-state index contributed by atoms with van der Waals surface area (Å²) >= 11 is 0. The average Bonchev–Trinajstić information content (AvgIpc) is 2.87. The van der Waals surface area contributed by atoms with Crippen molar-refractivity contribution >= 4 is 5.97 Å². The van der Waals surface area contributed by atoms with Gasteiger partial charge in [-0.3, -0.25) is 0 Å². The zero-order valence-electron chi connectivity index (χ0n) is 11.6. The van der Waals surface area contributed by atoms with Gasteiger partial charge in [-0.15, -0.1) is 0 Å². The van der Waals surface area contributed by atoms with Gasteiger partial charge in [-0.05, 0) is 12.5 Å². The number of aliphatic hydroxyl groups excluding tert-OH is 1. The lowest BCUT2D eigenvalue weighted by atomic mass is 10.0. The molecule has 1 unspecified atom stereocenters. The van der Waals surface area contributed by atoms with E-state index in [4.69, 9.17) is 9.52 Å². The van der Waals surface area contributed by atoms with Crippen LogP contribution in [0.25, 0.3) is 0 Å². The Bertz CT molecular complexity index is 370. The standard InChI is InChI=1S/C15H24O4/c1-2-3-4-5-6-7-8-9-13(16)14-12(15(17)18)10-11-19-14/h10-11,13,16H,2-9H2,1H3,(H,17,18). The largest absolute Gasteiger partial charge is 0.478 e. The fraction of sp³-hybridized carbons (Fsp3) is 0.667. The zero-order valence-corrected chi connectivity index (χ0v) is 11.6. The van der Waals surface area contributed by atoms with E-state index in [9.17, 15) is 9.90 Å². The van der Waals surface area contributed by atoms with Crippen molar-refractivity contribution in [1.82, 2.24) is 0 Å². The molecular formula is C15H24O4. The molecule has 0 aliphatic carbocycles. The van der Waals surface area contributed by atoms with Crippen molar-refractivity contribution in [2.75, 3.05) is 0 Å². The van der Waals surface area contributed by atoms with Crippen LogP contribution < -0.4 is 0 Å². The number of aromatic carboxylic acids is 1. The summed E-state index contributed by atoms with van der Waals surface area (Å²) in [5.41, 5.74) is 0.0652. The summed E-state index contributed by atoms with van der Waals surface area (Å²) < 4.78 is 5.07. The Labute approximate surface area is 114 Å². The predicted molar refractivity (Wildman–Crippen MR) is 73.2 cm³/mol. The molecule has 0 aliphatic rings. The minimum Gasteiger partial charge on any atom is -0.478 e. The van der Waals surface area contributed by atoms with E-state index in [0.29, 0.717) is 6.42 Å². The van der Waals surface area contributed by atoms with Crippen LogP contribution in [0.4, 0.5) is 0 Å². The third kappa shape index (κ3) is 5.47. The van der Waals surface area contributed by atoms with E-state index in [1.807, 2.05) is 0 Å². The topological polar surface area (TPSA) is 70.7 Å². The van der Waals surface area contributed by atoms with Gasteiger partial charge in [0.05, 0.1) is 6.26 Å². The number of aliphatic hydroxyl groups is 1. The van der Waals surface area contributed by atoms with Gasteiger partial charge in [0.15, 0.2) is 0 Å². The van der Waals surface area contributed by atoms with Crippen molar-refractivity contribution in [2.24, 2.45) is 0 Å². The van der Waals surface area contributed by atoms with Gasteiger partial charge in [0.25, 0.3) is 0 Å². The van der Waals surface area contributed by atoms with Crippen molar-refractivity contribution < 1.29 is 19.4 Å². The Morgan fingerprint density at radius 3 is 2.47 bits per heavy atom. The molecule has 4 heteroatoms. The molecule has 1 rings (SSSR count). The Kier molecular flexibility index (Phi) is 7.26. The molecule has 0 bridgehead atoms. The minimum absolute atomic E-state index is 0.0652. The van der Waals surface area contributed by atoms with E-state index >= 15 is 0 Å². The highest BCUT2D eigenvalue weighted by molar-refractivity contribution is 5.88. The van der Waals surface area contributed by atoms with Gasteiger partial charge in [-0.2, -0.15) is 0 Å². The lowest BCUT2D eigenvalue weighted by molar-refractivity contribution is 0.0680. The fourth-order valence-electron chi connectivity index (χ4n) is 2.18. The summed E-state index contributed by atoms with van der Waals surface area (Å²) in [5, 5.41) is 18.8. The summed E-state index contributed by atoms with van der Waals surface area (Å²) in [6.45, 7) is 2.19. The number of furan rings is 1. The summed E-state index contributed by atoms with van der Waals surface area (Å²) in [5.74, 6) is -0.874. The highest BCUT2D eigenvalue weighted by Crippen LogP contribution is 2.24. The van der Waals surface area contributed by atoms with Crippen LogP contribution in [0.2, 0.25) is 0 Å². The Morgan fingerprint density at radius 2 is 1.84 bits per heavy atom. The molecule has 1 heterocycles. The molecule has 4 nitrogen and oxygen atoms in total. The number of hydrogen-bond acceptors (Lipinski definition) is 3. The van der Waals surface area contributed by atoms with Crippen LogP contribution in [0.1, 0.15) is 80.5 Å². The smallest absolute Gasteiger partial charge is 0.339 e. The third-order valence-electron chi connectivity index (χ3n) is 3.31. The first-order valence-corrected chi connectivity index (χ1v) is 7.15. The summed E-state index contributed by atoms with van der Waals surface area (Å²) in [6, 6.07) is 1.38. The molecule has 0 fully saturated rings. The normalized spacial score (nSPS) is 12.5. The molecule has 0 spiro atoms. The number of carbonyl (C=O) groups is 1. The number of carboxylic acids is 1. The van der Waals surface area contributed by atoms with Gasteiger partial charge in [-0.25, -0.2) is 4.79 Å². The monoisotopic (exact) mass is 268 g/mol. The second kappa shape index (κ2) is 8.75. The van der Waals surface area contributed by atoms with Crippen LogP contribution in [0, 0.1) is 0 Å². The molecule has 0 saturated carbocycles. The van der Waals surface area contributed by atoms with Crippen molar-refractivity contribution in [2.45, 2.75) is 64.4 Å². The first-order valence-electron chi connectivity index (χ1n) is 7.15. The van der Waals surface area contributed by atoms with Crippen molar-refractivity contribution in [3.8, 4) is 0 Å². The molecule has 1 aromatic heterocycles. The number of hydrogen-bond donors (Lipinski definition) is 2. The third-order valence-corrected chi connectivity index (χ3v) is 3.31. The van der Waals surface area contributed by atoms with E-state index in [-0.39, 0.29) is 11.3 Å². The van der Waals surface area contributed by atoms with Gasteiger partial charge >= 0.3 is 5.97 Å². The van der Waals surface area contributed by atoms with Gasteiger partial charge in [0.1, 0.15) is 17.4 Å². The van der Waals surface area contributed by atoms with Crippen LogP contribution in [-0.4, -0.2) is 16.2 Å². The second-order valence-electron chi connectivity index (χ2n) is 4.93. The fourth-order valence-corrected chi connectivity index (χ4v) is 2.18. The number of unbranched alkanes of at least 4 members (excludes halogenated alkanes) is 6. The van der Waals surface area contributed by atoms with Crippen molar-refractivity contribution in [3.05, 3.63) is 23.7 Å². The molecule has 1 atom stereocenters. The predicted octanol–water partition coefficient (Wildman–Crippen LogP) is 4.15. The minimum atomic E-state index is -1.05. The SMILES string of the molecule is CCCCCCCCCC(O)c1occc1C(=O)O. The van der Waals surface area contributed by atoms with Crippen LogP contribution in [0.3, 0.4) is 0 Å². The molecule has 0 saturated heterocycles. The average molecular weight is 268 g/mol. The summed E-state index contributed by atoms with van der Waals surface area (Å²) in [6.07, 6.45) is 9.26. The lowest BCUT2D eigenvalue weighted by Crippen LogP contribution is -2.04. The van der Waals surface area contributed by atoms with E-state index in [2.05, 4.69) is 6.92 Å². The van der Waals surface area contributed by atoms with E-state index in [0.717, 1.165) is 12.8 Å². The maximum atomic E-state index is 10.9. The van der Waals surface area contributed by atoms with E-state index in [1.54, 1.807) is 0 Å². The highest BCUT2D eigenvalue weighted by Gasteiger charge is 2.20. The molecule has 0 aromatic carbocycles. The van der Waals surface area contributed by atoms with Crippen molar-refractivity contribution in [3.63, 3.8) is 0 Å². The molecule has 108 valence electrons. The van der Waals surface area contributed by atoms with Gasteiger partial charge < -0.3 is 14.6 Å². The molecular weight excluding hydrogens is 244 g/mol. The van der Waals surface area contributed by atoms with Crippen LogP contribution in [0.5, 0.6) is 0 Å². The first kappa shape index (κ1) is 15.8. The molecule has 2 N–H and O–H groups in total. The lowest BCUT2D eigenvalue weighted by Gasteiger charge is -2.08. The van der Waals surface area contributed by atoms with Crippen LogP contribution in [0.15, 0.2) is 16.7 Å². The van der Waals surface area contributed by atoms with Crippen LogP contribution in [-0.2, 0) is 0 Å².